The Morgan fingerprint density at radius 1 is 1.07 bits per heavy atom. The van der Waals surface area contributed by atoms with Crippen molar-refractivity contribution >= 4 is 21.6 Å². The lowest BCUT2D eigenvalue weighted by Gasteiger charge is -2.29. The number of nitrogens with zero attached hydrogens (tertiary/aromatic N) is 2. The van der Waals surface area contributed by atoms with E-state index in [0.717, 1.165) is 18.7 Å². The van der Waals surface area contributed by atoms with Crippen molar-refractivity contribution in [2.75, 3.05) is 31.6 Å². The molecule has 7 heteroatoms. The third kappa shape index (κ3) is 5.49. The van der Waals surface area contributed by atoms with Crippen molar-refractivity contribution in [1.29, 1.82) is 0 Å². The molecule has 1 aliphatic heterocycles. The summed E-state index contributed by atoms with van der Waals surface area (Å²) in [5.41, 5.74) is 2.74. The van der Waals surface area contributed by atoms with Crippen molar-refractivity contribution in [3.63, 3.8) is 0 Å². The molecule has 1 saturated heterocycles. The van der Waals surface area contributed by atoms with Gasteiger partial charge in [0.05, 0.1) is 4.90 Å². The first kappa shape index (κ1) is 22.1. The number of benzene rings is 2. The highest BCUT2D eigenvalue weighted by Gasteiger charge is 2.16. The van der Waals surface area contributed by atoms with E-state index in [1.54, 1.807) is 24.1 Å². The average Bonchev–Trinajstić information content (AvgIpc) is 2.78. The quantitative estimate of drug-likeness (QED) is 0.656. The number of rotatable bonds is 8. The van der Waals surface area contributed by atoms with Crippen molar-refractivity contribution in [3.8, 4) is 0 Å². The van der Waals surface area contributed by atoms with Gasteiger partial charge in [0.2, 0.25) is 10.0 Å². The first-order valence-electron chi connectivity index (χ1n) is 10.2. The van der Waals surface area contributed by atoms with E-state index >= 15 is 0 Å². The minimum absolute atomic E-state index is 0.122. The summed E-state index contributed by atoms with van der Waals surface area (Å²) >= 11 is 0. The molecule has 0 atom stereocenters. The second-order valence-corrected chi connectivity index (χ2v) is 9.31. The maximum atomic E-state index is 12.7. The van der Waals surface area contributed by atoms with E-state index in [9.17, 15) is 13.2 Å². The number of sulfonamides is 1. The Kier molecular flexibility index (Phi) is 7.29. The molecular weight excluding hydrogens is 398 g/mol. The Morgan fingerprint density at radius 3 is 2.30 bits per heavy atom. The van der Waals surface area contributed by atoms with Crippen LogP contribution in [0.15, 0.2) is 66.1 Å². The summed E-state index contributed by atoms with van der Waals surface area (Å²) in [5, 5.41) is 0. The summed E-state index contributed by atoms with van der Waals surface area (Å²) in [4.78, 5) is 16.9. The molecule has 2 aromatic carbocycles. The second-order valence-electron chi connectivity index (χ2n) is 7.54. The topological polar surface area (TPSA) is 69.7 Å². The van der Waals surface area contributed by atoms with Crippen LogP contribution in [0.3, 0.4) is 0 Å². The number of carbonyl (C=O) groups excluding carboxylic acids is 1. The Balaban J connectivity index is 1.62. The molecule has 0 aliphatic carbocycles. The van der Waals surface area contributed by atoms with Crippen molar-refractivity contribution in [2.24, 2.45) is 0 Å². The van der Waals surface area contributed by atoms with Crippen LogP contribution in [-0.2, 0) is 16.6 Å². The summed E-state index contributed by atoms with van der Waals surface area (Å²) in [7, 11) is -1.85. The highest BCUT2D eigenvalue weighted by atomic mass is 32.2. The monoisotopic (exact) mass is 427 g/mol. The molecule has 0 spiro atoms. The van der Waals surface area contributed by atoms with Gasteiger partial charge in [0.1, 0.15) is 0 Å². The molecule has 160 valence electrons. The fraction of sp³-hybridized carbons (Fsp3) is 0.348. The van der Waals surface area contributed by atoms with Gasteiger partial charge in [0, 0.05) is 44.5 Å². The van der Waals surface area contributed by atoms with E-state index < -0.39 is 10.0 Å². The van der Waals surface area contributed by atoms with Crippen LogP contribution in [0.2, 0.25) is 0 Å². The molecule has 0 unspecified atom stereocenters. The molecule has 1 fully saturated rings. The van der Waals surface area contributed by atoms with Crippen LogP contribution in [0, 0.1) is 0 Å². The number of carbonyl (C=O) groups is 1. The molecule has 0 saturated carbocycles. The first-order chi connectivity index (χ1) is 14.4. The molecule has 30 heavy (non-hydrogen) atoms. The number of nitrogens with one attached hydrogen (secondary N) is 1. The zero-order valence-corrected chi connectivity index (χ0v) is 18.2. The summed E-state index contributed by atoms with van der Waals surface area (Å²) in [6, 6.07) is 14.3. The number of hydrogen-bond donors (Lipinski definition) is 1. The molecule has 1 amide bonds. The maximum Gasteiger partial charge on any atom is 0.253 e. The lowest BCUT2D eigenvalue weighted by atomic mass is 10.1. The van der Waals surface area contributed by atoms with Crippen LogP contribution in [0.1, 0.15) is 35.2 Å². The SMILES string of the molecule is C=CCNS(=O)(=O)c1ccc(C(=O)N(C)Cc2ccc(N3CCCCC3)cc2)cc1. The van der Waals surface area contributed by atoms with Gasteiger partial charge in [-0.15, -0.1) is 6.58 Å². The number of piperidine rings is 1. The highest BCUT2D eigenvalue weighted by molar-refractivity contribution is 7.89. The molecule has 2 aromatic rings. The first-order valence-corrected chi connectivity index (χ1v) is 11.7. The van der Waals surface area contributed by atoms with Crippen LogP contribution < -0.4 is 9.62 Å². The largest absolute Gasteiger partial charge is 0.372 e. The van der Waals surface area contributed by atoms with Gasteiger partial charge < -0.3 is 9.80 Å². The predicted octanol–water partition coefficient (Wildman–Crippen LogP) is 3.41. The molecular formula is C23H29N3O3S. The molecule has 0 aromatic heterocycles. The Hall–Kier alpha value is -2.64. The van der Waals surface area contributed by atoms with Gasteiger partial charge in [-0.3, -0.25) is 4.79 Å². The van der Waals surface area contributed by atoms with E-state index in [0.29, 0.717) is 12.1 Å². The number of hydrogen-bond acceptors (Lipinski definition) is 4. The van der Waals surface area contributed by atoms with Crippen LogP contribution in [0.4, 0.5) is 5.69 Å². The van der Waals surface area contributed by atoms with Gasteiger partial charge in [0.25, 0.3) is 5.91 Å². The maximum absolute atomic E-state index is 12.7. The Labute approximate surface area is 179 Å². The molecule has 0 radical (unpaired) electrons. The lowest BCUT2D eigenvalue weighted by Crippen LogP contribution is -2.29. The minimum atomic E-state index is -3.60. The summed E-state index contributed by atoms with van der Waals surface area (Å²) in [6.45, 7) is 6.35. The second kappa shape index (κ2) is 9.91. The standard InChI is InChI=1S/C23H29N3O3S/c1-3-15-24-30(28,29)22-13-9-20(10-14-22)23(27)25(2)18-19-7-11-21(12-8-19)26-16-5-4-6-17-26/h3,7-14,24H,1,4-6,15-18H2,2H3. The van der Waals surface area contributed by atoms with Gasteiger partial charge in [-0.25, -0.2) is 13.1 Å². The van der Waals surface area contributed by atoms with Crippen molar-refractivity contribution in [2.45, 2.75) is 30.7 Å². The third-order valence-electron chi connectivity index (χ3n) is 5.25. The third-order valence-corrected chi connectivity index (χ3v) is 6.69. The summed E-state index contributed by atoms with van der Waals surface area (Å²) in [5.74, 6) is -0.155. The van der Waals surface area contributed by atoms with Gasteiger partial charge >= 0.3 is 0 Å². The van der Waals surface area contributed by atoms with Crippen molar-refractivity contribution in [1.82, 2.24) is 9.62 Å². The molecule has 1 aliphatic rings. The minimum Gasteiger partial charge on any atom is -0.372 e. The molecule has 1 N–H and O–H groups in total. The average molecular weight is 428 g/mol. The molecule has 6 nitrogen and oxygen atoms in total. The fourth-order valence-electron chi connectivity index (χ4n) is 3.56. The van der Waals surface area contributed by atoms with E-state index in [1.807, 2.05) is 0 Å². The van der Waals surface area contributed by atoms with Crippen LogP contribution in [0.5, 0.6) is 0 Å². The molecule has 1 heterocycles. The van der Waals surface area contributed by atoms with E-state index in [-0.39, 0.29) is 17.3 Å². The van der Waals surface area contributed by atoms with Crippen LogP contribution in [0.25, 0.3) is 0 Å². The van der Waals surface area contributed by atoms with Gasteiger partial charge in [0.15, 0.2) is 0 Å². The smallest absolute Gasteiger partial charge is 0.253 e. The van der Waals surface area contributed by atoms with Gasteiger partial charge in [-0.05, 0) is 61.2 Å². The predicted molar refractivity (Wildman–Crippen MR) is 120 cm³/mol. The summed E-state index contributed by atoms with van der Waals surface area (Å²) in [6.07, 6.45) is 5.26. The summed E-state index contributed by atoms with van der Waals surface area (Å²) < 4.78 is 26.7. The zero-order valence-electron chi connectivity index (χ0n) is 17.4. The van der Waals surface area contributed by atoms with Gasteiger partial charge in [-0.1, -0.05) is 18.2 Å². The Morgan fingerprint density at radius 2 is 1.70 bits per heavy atom. The van der Waals surface area contributed by atoms with Gasteiger partial charge in [-0.2, -0.15) is 0 Å². The molecule has 0 bridgehead atoms. The lowest BCUT2D eigenvalue weighted by molar-refractivity contribution is 0.0785. The van der Waals surface area contributed by atoms with Crippen LogP contribution in [-0.4, -0.2) is 45.9 Å². The van der Waals surface area contributed by atoms with E-state index in [1.165, 1.54) is 43.2 Å². The number of amides is 1. The van der Waals surface area contributed by atoms with E-state index in [4.69, 9.17) is 0 Å². The number of anilines is 1. The van der Waals surface area contributed by atoms with Crippen molar-refractivity contribution < 1.29 is 13.2 Å². The van der Waals surface area contributed by atoms with E-state index in [2.05, 4.69) is 40.5 Å². The zero-order chi connectivity index (χ0) is 21.6. The van der Waals surface area contributed by atoms with Crippen molar-refractivity contribution in [3.05, 3.63) is 72.3 Å². The normalized spacial score (nSPS) is 14.4. The Bertz CT molecular complexity index is 964. The molecule has 3 rings (SSSR count). The highest BCUT2D eigenvalue weighted by Crippen LogP contribution is 2.21. The fourth-order valence-corrected chi connectivity index (χ4v) is 4.56. The van der Waals surface area contributed by atoms with Crippen LogP contribution >= 0.6 is 0 Å².